The molecule has 1 rings (SSSR count). The molecule has 3 nitrogen and oxygen atoms in total. The third-order valence-electron chi connectivity index (χ3n) is 1.17. The molecule has 0 radical (unpaired) electrons. The lowest BCUT2D eigenvalue weighted by molar-refractivity contribution is 0.234. The predicted molar refractivity (Wildman–Crippen MR) is 54.2 cm³/mol. The quantitative estimate of drug-likeness (QED) is 0.747. The molecule has 0 atom stereocenters. The first-order valence-corrected chi connectivity index (χ1v) is 4.46. The Morgan fingerprint density at radius 3 is 2.43 bits per heavy atom. The van der Waals surface area contributed by atoms with Gasteiger partial charge in [0.25, 0.3) is 0 Å². The normalized spacial score (nSPS) is 9.71. The monoisotopic (exact) mass is 198 g/mol. The van der Waals surface area contributed by atoms with Crippen LogP contribution in [0.15, 0.2) is 18.5 Å². The van der Waals surface area contributed by atoms with Crippen molar-refractivity contribution in [3.63, 3.8) is 0 Å². The first kappa shape index (κ1) is 12.7. The van der Waals surface area contributed by atoms with Crippen molar-refractivity contribution in [2.75, 3.05) is 13.7 Å². The molecule has 0 spiro atoms. The molecular formula is C10H15FN2O. The summed E-state index contributed by atoms with van der Waals surface area (Å²) in [7, 11) is 1.59. The molecule has 0 saturated heterocycles. The second kappa shape index (κ2) is 8.31. The fraction of sp³-hybridized carbons (Fsp3) is 0.400. The van der Waals surface area contributed by atoms with Gasteiger partial charge in [0.1, 0.15) is 0 Å². The Kier molecular flexibility index (Phi) is 7.55. The van der Waals surface area contributed by atoms with Crippen LogP contribution in [0.25, 0.3) is 6.08 Å². The van der Waals surface area contributed by atoms with E-state index in [0.717, 1.165) is 12.4 Å². The molecule has 0 bridgehead atoms. The Labute approximate surface area is 83.7 Å². The van der Waals surface area contributed by atoms with Gasteiger partial charge in [0.15, 0.2) is 11.6 Å². The molecule has 78 valence electrons. The summed E-state index contributed by atoms with van der Waals surface area (Å²) in [5.74, 6) is 0.0485. The van der Waals surface area contributed by atoms with Gasteiger partial charge in [0.2, 0.25) is 0 Å². The Morgan fingerprint density at radius 1 is 1.36 bits per heavy atom. The molecule has 0 aliphatic carbocycles. The van der Waals surface area contributed by atoms with Crippen LogP contribution in [-0.4, -0.2) is 23.7 Å². The van der Waals surface area contributed by atoms with Crippen LogP contribution < -0.4 is 0 Å². The Balaban J connectivity index is 0.000000791. The largest absolute Gasteiger partial charge is 0.381 e. The van der Waals surface area contributed by atoms with Crippen molar-refractivity contribution >= 4 is 6.08 Å². The van der Waals surface area contributed by atoms with Crippen molar-refractivity contribution in [3.05, 3.63) is 30.1 Å². The lowest BCUT2D eigenvalue weighted by Gasteiger charge is -1.90. The zero-order valence-electron chi connectivity index (χ0n) is 8.70. The molecule has 0 amide bonds. The highest BCUT2D eigenvalue weighted by Gasteiger charge is 1.90. The molecule has 0 N–H and O–H groups in total. The standard InChI is InChI=1S/C8H9FN2O.C2H6/c1-12-4-2-3-8-10-5-7(9)6-11-8;1-2/h2-3,5-6H,4H2,1H3;1-2H3/b3-2+;. The van der Waals surface area contributed by atoms with Gasteiger partial charge in [-0.1, -0.05) is 19.9 Å². The summed E-state index contributed by atoms with van der Waals surface area (Å²) in [4.78, 5) is 7.44. The lowest BCUT2D eigenvalue weighted by atomic mass is 10.4. The average Bonchev–Trinajstić information content (AvgIpc) is 2.24. The van der Waals surface area contributed by atoms with Gasteiger partial charge in [-0.15, -0.1) is 0 Å². The number of methoxy groups -OCH3 is 1. The highest BCUT2D eigenvalue weighted by Crippen LogP contribution is 1.94. The maximum absolute atomic E-state index is 12.3. The predicted octanol–water partition coefficient (Wildman–Crippen LogP) is 2.30. The van der Waals surface area contributed by atoms with E-state index in [4.69, 9.17) is 4.74 Å². The van der Waals surface area contributed by atoms with Crippen molar-refractivity contribution in [2.24, 2.45) is 0 Å². The number of rotatable bonds is 3. The fourth-order valence-corrected chi connectivity index (χ4v) is 0.658. The van der Waals surface area contributed by atoms with E-state index >= 15 is 0 Å². The number of hydrogen-bond acceptors (Lipinski definition) is 3. The van der Waals surface area contributed by atoms with Crippen molar-refractivity contribution < 1.29 is 9.13 Å². The maximum Gasteiger partial charge on any atom is 0.159 e. The smallest absolute Gasteiger partial charge is 0.159 e. The first-order chi connectivity index (χ1) is 6.83. The van der Waals surface area contributed by atoms with Crippen LogP contribution in [0.3, 0.4) is 0 Å². The summed E-state index contributed by atoms with van der Waals surface area (Å²) in [5.41, 5.74) is 0. The van der Waals surface area contributed by atoms with Gasteiger partial charge in [-0.3, -0.25) is 0 Å². The minimum atomic E-state index is -0.432. The van der Waals surface area contributed by atoms with Crippen molar-refractivity contribution in [3.8, 4) is 0 Å². The zero-order chi connectivity index (χ0) is 10.8. The lowest BCUT2D eigenvalue weighted by Crippen LogP contribution is -1.88. The molecule has 0 unspecified atom stereocenters. The minimum Gasteiger partial charge on any atom is -0.381 e. The van der Waals surface area contributed by atoms with Crippen LogP contribution in [0, 0.1) is 5.82 Å². The number of hydrogen-bond donors (Lipinski definition) is 0. The Morgan fingerprint density at radius 2 is 1.93 bits per heavy atom. The SMILES string of the molecule is CC.COC/C=C/c1ncc(F)cn1. The number of nitrogens with zero attached hydrogens (tertiary/aromatic N) is 2. The van der Waals surface area contributed by atoms with Gasteiger partial charge in [-0.2, -0.15) is 0 Å². The Bertz CT molecular complexity index is 259. The van der Waals surface area contributed by atoms with Crippen LogP contribution in [0.4, 0.5) is 4.39 Å². The molecular weight excluding hydrogens is 183 g/mol. The zero-order valence-corrected chi connectivity index (χ0v) is 8.70. The Hall–Kier alpha value is -1.29. The third-order valence-corrected chi connectivity index (χ3v) is 1.17. The summed E-state index contributed by atoms with van der Waals surface area (Å²) in [6.07, 6.45) is 5.68. The third kappa shape index (κ3) is 5.37. The van der Waals surface area contributed by atoms with Crippen LogP contribution >= 0.6 is 0 Å². The van der Waals surface area contributed by atoms with Gasteiger partial charge in [0.05, 0.1) is 19.0 Å². The van der Waals surface area contributed by atoms with Gasteiger partial charge >= 0.3 is 0 Å². The second-order valence-corrected chi connectivity index (χ2v) is 2.12. The van der Waals surface area contributed by atoms with Crippen molar-refractivity contribution in [1.82, 2.24) is 9.97 Å². The van der Waals surface area contributed by atoms with Gasteiger partial charge in [-0.25, -0.2) is 14.4 Å². The van der Waals surface area contributed by atoms with Gasteiger partial charge in [0, 0.05) is 7.11 Å². The molecule has 0 aromatic carbocycles. The molecule has 1 heterocycles. The summed E-state index contributed by atoms with van der Waals surface area (Å²) >= 11 is 0. The summed E-state index contributed by atoms with van der Waals surface area (Å²) in [6, 6.07) is 0. The number of halogens is 1. The van der Waals surface area contributed by atoms with Gasteiger partial charge < -0.3 is 4.74 Å². The van der Waals surface area contributed by atoms with E-state index in [2.05, 4.69) is 9.97 Å². The summed E-state index contributed by atoms with van der Waals surface area (Å²) in [6.45, 7) is 4.50. The topological polar surface area (TPSA) is 35.0 Å². The van der Waals surface area contributed by atoms with Gasteiger partial charge in [-0.05, 0) is 6.08 Å². The number of aromatic nitrogens is 2. The van der Waals surface area contributed by atoms with E-state index in [9.17, 15) is 4.39 Å². The van der Waals surface area contributed by atoms with E-state index in [1.807, 2.05) is 13.8 Å². The number of ether oxygens (including phenoxy) is 1. The minimum absolute atomic E-state index is 0.432. The van der Waals surface area contributed by atoms with E-state index in [1.165, 1.54) is 0 Å². The highest BCUT2D eigenvalue weighted by atomic mass is 19.1. The highest BCUT2D eigenvalue weighted by molar-refractivity contribution is 5.38. The van der Waals surface area contributed by atoms with Crippen LogP contribution in [0.5, 0.6) is 0 Å². The van der Waals surface area contributed by atoms with E-state index in [1.54, 1.807) is 19.3 Å². The van der Waals surface area contributed by atoms with E-state index < -0.39 is 5.82 Å². The van der Waals surface area contributed by atoms with Crippen LogP contribution in [-0.2, 0) is 4.74 Å². The molecule has 1 aromatic heterocycles. The van der Waals surface area contributed by atoms with Crippen LogP contribution in [0.2, 0.25) is 0 Å². The molecule has 0 saturated carbocycles. The van der Waals surface area contributed by atoms with Crippen molar-refractivity contribution in [1.29, 1.82) is 0 Å². The molecule has 0 fully saturated rings. The van der Waals surface area contributed by atoms with E-state index in [-0.39, 0.29) is 0 Å². The molecule has 0 aliphatic heterocycles. The van der Waals surface area contributed by atoms with Crippen molar-refractivity contribution in [2.45, 2.75) is 13.8 Å². The molecule has 0 aliphatic rings. The van der Waals surface area contributed by atoms with Crippen LogP contribution in [0.1, 0.15) is 19.7 Å². The fourth-order valence-electron chi connectivity index (χ4n) is 0.658. The maximum atomic E-state index is 12.3. The summed E-state index contributed by atoms with van der Waals surface area (Å²) in [5, 5.41) is 0. The molecule has 4 heteroatoms. The molecule has 14 heavy (non-hydrogen) atoms. The molecule has 1 aromatic rings. The average molecular weight is 198 g/mol. The summed E-state index contributed by atoms with van der Waals surface area (Å²) < 4.78 is 17.1. The first-order valence-electron chi connectivity index (χ1n) is 4.46. The second-order valence-electron chi connectivity index (χ2n) is 2.12. The van der Waals surface area contributed by atoms with E-state index in [0.29, 0.717) is 12.4 Å².